The highest BCUT2D eigenvalue weighted by Crippen LogP contribution is 2.22. The molecule has 0 saturated heterocycles. The monoisotopic (exact) mass is 562 g/mol. The number of anilines is 2. The first kappa shape index (κ1) is 27.8. The normalized spacial score (nSPS) is 12.9. The summed E-state index contributed by atoms with van der Waals surface area (Å²) in [7, 11) is 3.90. The number of carboxylic acids is 2. The molecule has 0 aliphatic carbocycles. The van der Waals surface area contributed by atoms with Gasteiger partial charge in [-0.2, -0.15) is 5.01 Å². The third kappa shape index (κ3) is 5.08. The zero-order chi connectivity index (χ0) is 30.1. The number of allylic oxidation sites excluding steroid dienone is 1. The van der Waals surface area contributed by atoms with E-state index in [1.54, 1.807) is 25.1 Å². The number of benzene rings is 3. The number of carboxylic acid groups (broad SMARTS) is 2. The second kappa shape index (κ2) is 11.0. The van der Waals surface area contributed by atoms with Gasteiger partial charge in [0.05, 0.1) is 28.1 Å². The fourth-order valence-corrected chi connectivity index (χ4v) is 4.66. The Labute approximate surface area is 240 Å². The maximum absolute atomic E-state index is 13.9. The van der Waals surface area contributed by atoms with Crippen molar-refractivity contribution >= 4 is 41.4 Å². The number of amides is 1. The lowest BCUT2D eigenvalue weighted by Gasteiger charge is -2.12. The van der Waals surface area contributed by atoms with Crippen molar-refractivity contribution in [1.29, 1.82) is 0 Å². The van der Waals surface area contributed by atoms with Crippen LogP contribution in [0.3, 0.4) is 0 Å². The van der Waals surface area contributed by atoms with Crippen molar-refractivity contribution in [2.24, 2.45) is 5.10 Å². The average molecular weight is 563 g/mol. The van der Waals surface area contributed by atoms with Crippen molar-refractivity contribution in [3.05, 3.63) is 128 Å². The zero-order valence-electron chi connectivity index (χ0n) is 23.0. The first-order valence-corrected chi connectivity index (χ1v) is 12.9. The van der Waals surface area contributed by atoms with Gasteiger partial charge in [-0.1, -0.05) is 30.4 Å². The van der Waals surface area contributed by atoms with Crippen molar-refractivity contribution in [3.8, 4) is 5.69 Å². The Morgan fingerprint density at radius 2 is 1.52 bits per heavy atom. The van der Waals surface area contributed by atoms with Crippen molar-refractivity contribution in [1.82, 2.24) is 4.57 Å². The van der Waals surface area contributed by atoms with E-state index >= 15 is 0 Å². The number of hydrogen-bond acceptors (Lipinski definition) is 6. The highest BCUT2D eigenvalue weighted by molar-refractivity contribution is 6.08. The van der Waals surface area contributed by atoms with Crippen molar-refractivity contribution in [2.45, 2.75) is 6.92 Å². The van der Waals surface area contributed by atoms with Gasteiger partial charge in [0, 0.05) is 25.0 Å². The summed E-state index contributed by atoms with van der Waals surface area (Å²) in [4.78, 5) is 52.6. The maximum Gasteiger partial charge on any atom is 0.335 e. The van der Waals surface area contributed by atoms with E-state index in [2.05, 4.69) is 5.10 Å². The fraction of sp³-hybridized carbons (Fsp3) is 0.0938. The molecule has 5 rings (SSSR count). The van der Waals surface area contributed by atoms with Gasteiger partial charge >= 0.3 is 11.9 Å². The predicted octanol–water partition coefficient (Wildman–Crippen LogP) is 3.30. The lowest BCUT2D eigenvalue weighted by molar-refractivity contribution is 0.0686. The molecule has 1 amide bonds. The van der Waals surface area contributed by atoms with Gasteiger partial charge in [0.15, 0.2) is 5.49 Å². The summed E-state index contributed by atoms with van der Waals surface area (Å²) < 4.78 is 1.26. The number of aromatic carboxylic acids is 2. The largest absolute Gasteiger partial charge is 0.478 e. The van der Waals surface area contributed by atoms with E-state index in [9.17, 15) is 29.4 Å². The van der Waals surface area contributed by atoms with Crippen LogP contribution in [-0.4, -0.2) is 46.7 Å². The number of aromatic nitrogens is 1. The number of nitrogens with zero attached hydrogens (tertiary/aromatic N) is 4. The van der Waals surface area contributed by atoms with E-state index in [1.165, 1.54) is 47.0 Å². The number of hydrogen-bond donors (Lipinski definition) is 2. The van der Waals surface area contributed by atoms with Crippen LogP contribution in [0.25, 0.3) is 17.8 Å². The van der Waals surface area contributed by atoms with E-state index < -0.39 is 23.4 Å². The Morgan fingerprint density at radius 1 is 0.857 bits per heavy atom. The molecular formula is C32H26N4O6. The SMILES string of the molecule is Cc1c2c(n(-c3ccc(C(=O)O)cc3)c(=O)/c1=C\C=Cc1ccc(N(C)C)cc1)=NN(c1cccc(C(=O)O)c1)C2=O. The summed E-state index contributed by atoms with van der Waals surface area (Å²) >= 11 is 0. The number of pyridine rings is 1. The first-order chi connectivity index (χ1) is 20.1. The topological polar surface area (TPSA) is 133 Å². The molecule has 0 atom stereocenters. The number of carbonyl (C=O) groups is 3. The van der Waals surface area contributed by atoms with Crippen LogP contribution in [-0.2, 0) is 0 Å². The summed E-state index contributed by atoms with van der Waals surface area (Å²) in [5.41, 5.74) is 2.69. The Bertz CT molecular complexity index is 1960. The van der Waals surface area contributed by atoms with Crippen LogP contribution in [0.1, 0.15) is 42.2 Å². The standard InChI is InChI=1S/C32H26N4O6/c1-19-26(9-4-6-20-10-14-23(15-11-20)34(2)3)29(37)35(24-16-12-21(13-17-24)31(39)40)28-27(19)30(38)36(33-28)25-8-5-7-22(18-25)32(41)42/h4-18H,1-3H3,(H,39,40)(H,41,42)/b6-4?,26-9-. The van der Waals surface area contributed by atoms with Crippen LogP contribution in [0.15, 0.2) is 88.8 Å². The summed E-state index contributed by atoms with van der Waals surface area (Å²) in [6, 6.07) is 19.3. The van der Waals surface area contributed by atoms with Gasteiger partial charge in [-0.05, 0) is 78.7 Å². The molecule has 0 spiro atoms. The lowest BCUT2D eigenvalue weighted by Crippen LogP contribution is -2.45. The van der Waals surface area contributed by atoms with Crippen LogP contribution in [0.5, 0.6) is 0 Å². The summed E-state index contributed by atoms with van der Waals surface area (Å²) in [5, 5.41) is 24.5. The lowest BCUT2D eigenvalue weighted by atomic mass is 10.1. The Balaban J connectivity index is 1.69. The third-order valence-corrected chi connectivity index (χ3v) is 6.92. The van der Waals surface area contributed by atoms with Gasteiger partial charge in [0.2, 0.25) is 0 Å². The second-order valence-corrected chi connectivity index (χ2v) is 9.81. The maximum atomic E-state index is 13.9. The molecule has 0 bridgehead atoms. The molecule has 10 heteroatoms. The van der Waals surface area contributed by atoms with Crippen molar-refractivity contribution in [2.75, 3.05) is 24.0 Å². The quantitative estimate of drug-likeness (QED) is 0.353. The molecular weight excluding hydrogens is 536 g/mol. The van der Waals surface area contributed by atoms with Gasteiger partial charge in [-0.15, -0.1) is 5.10 Å². The van der Waals surface area contributed by atoms with Crippen LogP contribution in [0.2, 0.25) is 0 Å². The van der Waals surface area contributed by atoms with Gasteiger partial charge in [0.25, 0.3) is 11.5 Å². The zero-order valence-corrected chi connectivity index (χ0v) is 23.0. The van der Waals surface area contributed by atoms with Gasteiger partial charge in [-0.25, -0.2) is 9.59 Å². The first-order valence-electron chi connectivity index (χ1n) is 12.9. The average Bonchev–Trinajstić information content (AvgIpc) is 3.32. The van der Waals surface area contributed by atoms with Crippen LogP contribution in [0, 0.1) is 6.92 Å². The van der Waals surface area contributed by atoms with E-state index in [-0.39, 0.29) is 33.1 Å². The summed E-state index contributed by atoms with van der Waals surface area (Å²) in [5.74, 6) is -2.81. The third-order valence-electron chi connectivity index (χ3n) is 6.92. The number of fused-ring (bicyclic) bond motifs is 1. The molecule has 0 unspecified atom stereocenters. The Kier molecular flexibility index (Phi) is 7.28. The second-order valence-electron chi connectivity index (χ2n) is 9.81. The summed E-state index contributed by atoms with van der Waals surface area (Å²) in [6.45, 7) is 1.66. The van der Waals surface area contributed by atoms with Crippen LogP contribution < -0.4 is 26.2 Å². The van der Waals surface area contributed by atoms with Gasteiger partial charge in [-0.3, -0.25) is 14.2 Å². The molecule has 2 N–H and O–H groups in total. The molecule has 42 heavy (non-hydrogen) atoms. The predicted molar refractivity (Wildman–Crippen MR) is 159 cm³/mol. The Hall–Kier alpha value is -5.77. The molecule has 2 heterocycles. The van der Waals surface area contributed by atoms with E-state index in [1.807, 2.05) is 49.3 Å². The molecule has 0 radical (unpaired) electrons. The van der Waals surface area contributed by atoms with Crippen molar-refractivity contribution in [3.63, 3.8) is 0 Å². The van der Waals surface area contributed by atoms with E-state index in [4.69, 9.17) is 0 Å². The minimum absolute atomic E-state index is 0.0254. The van der Waals surface area contributed by atoms with Gasteiger partial charge in [0.1, 0.15) is 0 Å². The molecule has 1 aliphatic heterocycles. The molecule has 0 saturated carbocycles. The smallest absolute Gasteiger partial charge is 0.335 e. The summed E-state index contributed by atoms with van der Waals surface area (Å²) in [6.07, 6.45) is 5.19. The minimum atomic E-state index is -1.16. The van der Waals surface area contributed by atoms with Gasteiger partial charge < -0.3 is 15.1 Å². The highest BCUT2D eigenvalue weighted by Gasteiger charge is 2.31. The molecule has 1 aliphatic rings. The van der Waals surface area contributed by atoms with Crippen LogP contribution in [0.4, 0.5) is 11.4 Å². The number of rotatable bonds is 7. The number of carbonyl (C=O) groups excluding carboxylic acids is 1. The molecule has 10 nitrogen and oxygen atoms in total. The molecule has 1 aromatic heterocycles. The molecule has 210 valence electrons. The van der Waals surface area contributed by atoms with E-state index in [0.29, 0.717) is 11.3 Å². The Morgan fingerprint density at radius 3 is 2.14 bits per heavy atom. The minimum Gasteiger partial charge on any atom is -0.478 e. The highest BCUT2D eigenvalue weighted by atomic mass is 16.4. The van der Waals surface area contributed by atoms with E-state index in [0.717, 1.165) is 16.3 Å². The van der Waals surface area contributed by atoms with Crippen molar-refractivity contribution < 1.29 is 24.6 Å². The molecule has 3 aromatic carbocycles. The fourth-order valence-electron chi connectivity index (χ4n) is 4.66. The van der Waals surface area contributed by atoms with Crippen LogP contribution >= 0.6 is 0 Å². The molecule has 4 aromatic rings. The molecule has 0 fully saturated rings.